The summed E-state index contributed by atoms with van der Waals surface area (Å²) >= 11 is 1.32. The van der Waals surface area contributed by atoms with Gasteiger partial charge in [0.15, 0.2) is 5.13 Å². The number of rotatable bonds is 4. The van der Waals surface area contributed by atoms with E-state index in [1.165, 1.54) is 16.9 Å². The van der Waals surface area contributed by atoms with Crippen molar-refractivity contribution < 1.29 is 4.74 Å². The molecule has 0 amide bonds. The minimum absolute atomic E-state index is 0.586. The van der Waals surface area contributed by atoms with E-state index in [1.54, 1.807) is 13.3 Å². The number of methoxy groups -OCH3 is 1. The number of thiazole rings is 1. The van der Waals surface area contributed by atoms with Gasteiger partial charge in [0.25, 0.3) is 0 Å². The summed E-state index contributed by atoms with van der Waals surface area (Å²) in [7, 11) is 1.63. The zero-order chi connectivity index (χ0) is 13.0. The van der Waals surface area contributed by atoms with Gasteiger partial charge in [0.05, 0.1) is 19.0 Å². The molecular formula is C13H13N3OS. The van der Waals surface area contributed by atoms with E-state index in [1.807, 2.05) is 18.2 Å². The fourth-order valence-corrected chi connectivity index (χ4v) is 2.20. The number of nitrogens with zero attached hydrogens (tertiary/aromatic N) is 2. The molecule has 0 saturated carbocycles. The van der Waals surface area contributed by atoms with Crippen molar-refractivity contribution >= 4 is 22.2 Å². The van der Waals surface area contributed by atoms with Crippen molar-refractivity contribution in [3.8, 4) is 11.8 Å². The van der Waals surface area contributed by atoms with Gasteiger partial charge < -0.3 is 10.1 Å². The highest BCUT2D eigenvalue weighted by molar-refractivity contribution is 7.16. The van der Waals surface area contributed by atoms with Gasteiger partial charge in [-0.2, -0.15) is 5.26 Å². The van der Waals surface area contributed by atoms with Gasteiger partial charge >= 0.3 is 0 Å². The maximum Gasteiger partial charge on any atom is 0.188 e. The number of aryl methyl sites for hydroxylation is 1. The molecule has 0 atom stereocenters. The number of nitriles is 1. The summed E-state index contributed by atoms with van der Waals surface area (Å²) in [6, 6.07) is 8.07. The zero-order valence-corrected chi connectivity index (χ0v) is 11.0. The van der Waals surface area contributed by atoms with E-state index in [-0.39, 0.29) is 0 Å². The zero-order valence-electron chi connectivity index (χ0n) is 10.2. The second kappa shape index (κ2) is 5.52. The topological polar surface area (TPSA) is 57.9 Å². The van der Waals surface area contributed by atoms with Crippen molar-refractivity contribution in [2.45, 2.75) is 13.3 Å². The predicted octanol–water partition coefficient (Wildman–Crippen LogP) is 3.33. The highest BCUT2D eigenvalue weighted by Crippen LogP contribution is 2.30. The summed E-state index contributed by atoms with van der Waals surface area (Å²) in [5.74, 6) is 0.765. The van der Waals surface area contributed by atoms with Gasteiger partial charge in [0, 0.05) is 0 Å². The van der Waals surface area contributed by atoms with Gasteiger partial charge in [0.1, 0.15) is 16.7 Å². The number of nitrogens with one attached hydrogen (secondary N) is 1. The van der Waals surface area contributed by atoms with Crippen molar-refractivity contribution in [1.82, 2.24) is 4.98 Å². The number of ether oxygens (including phenoxy) is 1. The van der Waals surface area contributed by atoms with E-state index in [0.29, 0.717) is 10.0 Å². The van der Waals surface area contributed by atoms with Crippen molar-refractivity contribution in [1.29, 1.82) is 5.26 Å². The Kier molecular flexibility index (Phi) is 3.80. The van der Waals surface area contributed by atoms with E-state index >= 15 is 0 Å². The van der Waals surface area contributed by atoms with E-state index in [9.17, 15) is 0 Å². The van der Waals surface area contributed by atoms with Gasteiger partial charge in [0.2, 0.25) is 0 Å². The normalized spacial score (nSPS) is 9.83. The molecule has 0 saturated heterocycles. The third-order valence-corrected chi connectivity index (χ3v) is 3.35. The SMILES string of the molecule is CCc1ccc(OC)c(Nc2ncc(C#N)s2)c1. The highest BCUT2D eigenvalue weighted by atomic mass is 32.1. The number of hydrogen-bond acceptors (Lipinski definition) is 5. The molecular weight excluding hydrogens is 246 g/mol. The fraction of sp³-hybridized carbons (Fsp3) is 0.231. The van der Waals surface area contributed by atoms with Crippen LogP contribution in [-0.2, 0) is 6.42 Å². The maximum absolute atomic E-state index is 8.77. The summed E-state index contributed by atoms with van der Waals surface area (Å²) in [5, 5.41) is 12.6. The van der Waals surface area contributed by atoms with Gasteiger partial charge in [-0.05, 0) is 24.1 Å². The molecule has 0 unspecified atom stereocenters. The van der Waals surface area contributed by atoms with Crippen LogP contribution in [0.1, 0.15) is 17.4 Å². The molecule has 0 aliphatic heterocycles. The monoisotopic (exact) mass is 259 g/mol. The lowest BCUT2D eigenvalue weighted by molar-refractivity contribution is 0.416. The van der Waals surface area contributed by atoms with Crippen LogP contribution in [-0.4, -0.2) is 12.1 Å². The first-order chi connectivity index (χ1) is 8.76. The summed E-state index contributed by atoms with van der Waals surface area (Å²) < 4.78 is 5.30. The molecule has 2 rings (SSSR count). The molecule has 0 spiro atoms. The lowest BCUT2D eigenvalue weighted by Gasteiger charge is -2.10. The highest BCUT2D eigenvalue weighted by Gasteiger charge is 2.07. The largest absolute Gasteiger partial charge is 0.495 e. The summed E-state index contributed by atoms with van der Waals surface area (Å²) in [4.78, 5) is 4.73. The van der Waals surface area contributed by atoms with Crippen LogP contribution < -0.4 is 10.1 Å². The van der Waals surface area contributed by atoms with Crippen molar-refractivity contribution in [2.75, 3.05) is 12.4 Å². The Morgan fingerprint density at radius 2 is 2.33 bits per heavy atom. The molecule has 1 N–H and O–H groups in total. The van der Waals surface area contributed by atoms with E-state index in [4.69, 9.17) is 10.00 Å². The molecule has 18 heavy (non-hydrogen) atoms. The van der Waals surface area contributed by atoms with E-state index < -0.39 is 0 Å². The predicted molar refractivity (Wildman–Crippen MR) is 72.5 cm³/mol. The van der Waals surface area contributed by atoms with Crippen molar-refractivity contribution in [2.24, 2.45) is 0 Å². The average Bonchev–Trinajstić information content (AvgIpc) is 2.86. The lowest BCUT2D eigenvalue weighted by atomic mass is 10.1. The Bertz CT molecular complexity index is 586. The lowest BCUT2D eigenvalue weighted by Crippen LogP contribution is -1.95. The second-order valence-corrected chi connectivity index (χ2v) is 4.69. The molecule has 2 aromatic rings. The first-order valence-corrected chi connectivity index (χ1v) is 6.38. The van der Waals surface area contributed by atoms with Crippen LogP contribution in [0, 0.1) is 11.3 Å². The van der Waals surface area contributed by atoms with Crippen LogP contribution in [0.5, 0.6) is 5.75 Å². The Labute approximate surface area is 110 Å². The molecule has 0 aliphatic rings. The van der Waals surface area contributed by atoms with Crippen LogP contribution in [0.3, 0.4) is 0 Å². The van der Waals surface area contributed by atoms with E-state index in [0.717, 1.165) is 17.9 Å². The van der Waals surface area contributed by atoms with Gasteiger partial charge in [-0.15, -0.1) is 0 Å². The number of benzene rings is 1. The Morgan fingerprint density at radius 1 is 1.50 bits per heavy atom. The number of anilines is 2. The molecule has 0 aliphatic carbocycles. The molecule has 0 fully saturated rings. The first-order valence-electron chi connectivity index (χ1n) is 5.56. The third-order valence-electron chi connectivity index (χ3n) is 2.53. The molecule has 0 radical (unpaired) electrons. The van der Waals surface area contributed by atoms with Crippen LogP contribution in [0.2, 0.25) is 0 Å². The Balaban J connectivity index is 2.29. The molecule has 1 heterocycles. The van der Waals surface area contributed by atoms with E-state index in [2.05, 4.69) is 23.3 Å². The molecule has 1 aromatic heterocycles. The van der Waals surface area contributed by atoms with Crippen molar-refractivity contribution in [3.63, 3.8) is 0 Å². The maximum atomic E-state index is 8.77. The van der Waals surface area contributed by atoms with Crippen LogP contribution in [0.4, 0.5) is 10.8 Å². The number of hydrogen-bond donors (Lipinski definition) is 1. The minimum atomic E-state index is 0.586. The van der Waals surface area contributed by atoms with Gasteiger partial charge in [-0.25, -0.2) is 4.98 Å². The molecule has 5 heteroatoms. The Morgan fingerprint density at radius 3 is 2.94 bits per heavy atom. The van der Waals surface area contributed by atoms with Gasteiger partial charge in [-0.1, -0.05) is 24.3 Å². The molecule has 92 valence electrons. The number of aromatic nitrogens is 1. The summed E-state index contributed by atoms with van der Waals surface area (Å²) in [6.45, 7) is 2.10. The average molecular weight is 259 g/mol. The molecule has 0 bridgehead atoms. The first kappa shape index (κ1) is 12.4. The van der Waals surface area contributed by atoms with Crippen LogP contribution in [0.15, 0.2) is 24.4 Å². The fourth-order valence-electron chi connectivity index (χ4n) is 1.57. The smallest absolute Gasteiger partial charge is 0.188 e. The third kappa shape index (κ3) is 2.60. The van der Waals surface area contributed by atoms with Gasteiger partial charge in [-0.3, -0.25) is 0 Å². The standard InChI is InChI=1S/C13H13N3OS/c1-3-9-4-5-12(17-2)11(6-9)16-13-15-8-10(7-14)18-13/h4-6,8H,3H2,1-2H3,(H,15,16). The molecule has 4 nitrogen and oxygen atoms in total. The van der Waals surface area contributed by atoms with Crippen LogP contribution >= 0.6 is 11.3 Å². The minimum Gasteiger partial charge on any atom is -0.495 e. The summed E-state index contributed by atoms with van der Waals surface area (Å²) in [6.07, 6.45) is 2.52. The summed E-state index contributed by atoms with van der Waals surface area (Å²) in [5.41, 5.74) is 2.09. The second-order valence-electron chi connectivity index (χ2n) is 3.65. The van der Waals surface area contributed by atoms with Crippen LogP contribution in [0.25, 0.3) is 0 Å². The van der Waals surface area contributed by atoms with Crippen molar-refractivity contribution in [3.05, 3.63) is 34.8 Å². The molecule has 1 aromatic carbocycles. The quantitative estimate of drug-likeness (QED) is 0.915. The Hall–Kier alpha value is -2.06.